The zero-order valence-corrected chi connectivity index (χ0v) is 14.4. The highest BCUT2D eigenvalue weighted by Crippen LogP contribution is 2.39. The Morgan fingerprint density at radius 3 is 2.57 bits per heavy atom. The van der Waals surface area contributed by atoms with Gasteiger partial charge in [-0.05, 0) is 59.4 Å². The number of rotatable bonds is 9. The Balaban J connectivity index is 2.57. The SMILES string of the molecule is CCNC1(C(=O)OC)CCCC1CCN(C)CCN(C)C. The van der Waals surface area contributed by atoms with E-state index < -0.39 is 5.54 Å². The summed E-state index contributed by atoms with van der Waals surface area (Å²) in [5, 5.41) is 3.43. The van der Waals surface area contributed by atoms with Crippen LogP contribution >= 0.6 is 0 Å². The van der Waals surface area contributed by atoms with Gasteiger partial charge in [0.05, 0.1) is 7.11 Å². The summed E-state index contributed by atoms with van der Waals surface area (Å²) in [5.74, 6) is 0.300. The number of ether oxygens (including phenoxy) is 1. The van der Waals surface area contributed by atoms with Gasteiger partial charge in [-0.2, -0.15) is 0 Å². The maximum absolute atomic E-state index is 12.3. The van der Waals surface area contributed by atoms with Gasteiger partial charge in [-0.25, -0.2) is 0 Å². The first-order valence-electron chi connectivity index (χ1n) is 8.13. The molecule has 2 unspecified atom stereocenters. The minimum Gasteiger partial charge on any atom is -0.468 e. The van der Waals surface area contributed by atoms with Gasteiger partial charge in [0.1, 0.15) is 5.54 Å². The van der Waals surface area contributed by atoms with Gasteiger partial charge in [0, 0.05) is 13.1 Å². The van der Waals surface area contributed by atoms with E-state index >= 15 is 0 Å². The number of nitrogens with zero attached hydrogens (tertiary/aromatic N) is 2. The summed E-state index contributed by atoms with van der Waals surface area (Å²) in [6, 6.07) is 0. The van der Waals surface area contributed by atoms with E-state index in [1.807, 2.05) is 0 Å². The Morgan fingerprint density at radius 1 is 1.29 bits per heavy atom. The molecule has 0 heterocycles. The monoisotopic (exact) mass is 299 g/mol. The Bertz CT molecular complexity index is 323. The van der Waals surface area contributed by atoms with E-state index in [0.29, 0.717) is 5.92 Å². The van der Waals surface area contributed by atoms with Gasteiger partial charge in [0.2, 0.25) is 0 Å². The zero-order chi connectivity index (χ0) is 15.9. The number of carbonyl (C=O) groups is 1. The summed E-state index contributed by atoms with van der Waals surface area (Å²) < 4.78 is 5.08. The fourth-order valence-corrected chi connectivity index (χ4v) is 3.40. The number of hydrogen-bond donors (Lipinski definition) is 1. The number of hydrogen-bond acceptors (Lipinski definition) is 5. The van der Waals surface area contributed by atoms with E-state index in [2.05, 4.69) is 43.2 Å². The van der Waals surface area contributed by atoms with Crippen molar-refractivity contribution in [1.29, 1.82) is 0 Å². The molecule has 1 saturated carbocycles. The van der Waals surface area contributed by atoms with Gasteiger partial charge in [-0.3, -0.25) is 4.79 Å². The largest absolute Gasteiger partial charge is 0.468 e. The Kier molecular flexibility index (Phi) is 7.63. The molecule has 124 valence electrons. The van der Waals surface area contributed by atoms with Crippen LogP contribution in [0.4, 0.5) is 0 Å². The molecule has 5 nitrogen and oxygen atoms in total. The van der Waals surface area contributed by atoms with Crippen LogP contribution in [0.5, 0.6) is 0 Å². The fraction of sp³-hybridized carbons (Fsp3) is 0.938. The fourth-order valence-electron chi connectivity index (χ4n) is 3.40. The van der Waals surface area contributed by atoms with E-state index in [1.54, 1.807) is 0 Å². The molecule has 1 fully saturated rings. The van der Waals surface area contributed by atoms with Gasteiger partial charge in [-0.1, -0.05) is 13.3 Å². The first-order valence-corrected chi connectivity index (χ1v) is 8.13. The molecule has 5 heteroatoms. The van der Waals surface area contributed by atoms with E-state index in [0.717, 1.165) is 51.9 Å². The summed E-state index contributed by atoms with van der Waals surface area (Å²) in [4.78, 5) is 16.8. The normalized spacial score (nSPS) is 25.8. The van der Waals surface area contributed by atoms with Crippen molar-refractivity contribution in [2.24, 2.45) is 5.92 Å². The standard InChI is InChI=1S/C16H33N3O2/c1-6-17-16(15(20)21-5)10-7-8-14(16)9-11-19(4)13-12-18(2)3/h14,17H,6-13H2,1-5H3. The van der Waals surface area contributed by atoms with Crippen LogP contribution < -0.4 is 5.32 Å². The van der Waals surface area contributed by atoms with Crippen LogP contribution in [0.1, 0.15) is 32.6 Å². The first kappa shape index (κ1) is 18.4. The second-order valence-electron chi connectivity index (χ2n) is 6.48. The molecule has 21 heavy (non-hydrogen) atoms. The zero-order valence-electron chi connectivity index (χ0n) is 14.4. The molecule has 0 saturated heterocycles. The van der Waals surface area contributed by atoms with Gasteiger partial charge >= 0.3 is 5.97 Å². The molecular formula is C16H33N3O2. The maximum Gasteiger partial charge on any atom is 0.326 e. The van der Waals surface area contributed by atoms with Gasteiger partial charge in [-0.15, -0.1) is 0 Å². The molecule has 1 aliphatic rings. The number of methoxy groups -OCH3 is 1. The average Bonchev–Trinajstić information content (AvgIpc) is 2.86. The first-order chi connectivity index (χ1) is 9.96. The predicted octanol–water partition coefficient (Wildman–Crippen LogP) is 1.19. The minimum absolute atomic E-state index is 0.0807. The van der Waals surface area contributed by atoms with Crippen LogP contribution in [-0.2, 0) is 9.53 Å². The van der Waals surface area contributed by atoms with Crippen molar-refractivity contribution in [2.45, 2.75) is 38.1 Å². The van der Waals surface area contributed by atoms with Crippen molar-refractivity contribution < 1.29 is 9.53 Å². The van der Waals surface area contributed by atoms with Gasteiger partial charge in [0.15, 0.2) is 0 Å². The van der Waals surface area contributed by atoms with Crippen LogP contribution in [0.3, 0.4) is 0 Å². The van der Waals surface area contributed by atoms with Crippen LogP contribution in [-0.4, -0.2) is 75.7 Å². The van der Waals surface area contributed by atoms with Crippen LogP contribution in [0, 0.1) is 5.92 Å². The van der Waals surface area contributed by atoms with Crippen LogP contribution in [0.2, 0.25) is 0 Å². The van der Waals surface area contributed by atoms with Crippen molar-refractivity contribution in [3.8, 4) is 0 Å². The number of esters is 1. The van der Waals surface area contributed by atoms with E-state index in [9.17, 15) is 4.79 Å². The second-order valence-corrected chi connectivity index (χ2v) is 6.48. The predicted molar refractivity (Wildman–Crippen MR) is 86.4 cm³/mol. The molecule has 0 bridgehead atoms. The molecule has 1 N–H and O–H groups in total. The highest BCUT2D eigenvalue weighted by molar-refractivity contribution is 5.81. The van der Waals surface area contributed by atoms with Crippen molar-refractivity contribution >= 4 is 5.97 Å². The highest BCUT2D eigenvalue weighted by atomic mass is 16.5. The summed E-state index contributed by atoms with van der Waals surface area (Å²) in [5.41, 5.74) is -0.452. The molecule has 0 aliphatic heterocycles. The number of likely N-dealkylation sites (N-methyl/N-ethyl adjacent to an activating group) is 3. The van der Waals surface area contributed by atoms with E-state index in [4.69, 9.17) is 4.74 Å². The molecule has 2 atom stereocenters. The molecule has 0 aromatic heterocycles. The third-order valence-electron chi connectivity index (χ3n) is 4.65. The highest BCUT2D eigenvalue weighted by Gasteiger charge is 2.48. The van der Waals surface area contributed by atoms with Crippen LogP contribution in [0.25, 0.3) is 0 Å². The molecular weight excluding hydrogens is 266 g/mol. The lowest BCUT2D eigenvalue weighted by molar-refractivity contribution is -0.150. The Hall–Kier alpha value is -0.650. The second kappa shape index (κ2) is 8.71. The van der Waals surface area contributed by atoms with Crippen molar-refractivity contribution in [3.63, 3.8) is 0 Å². The summed E-state index contributed by atoms with van der Waals surface area (Å²) in [6.07, 6.45) is 4.17. The summed E-state index contributed by atoms with van der Waals surface area (Å²) in [6.45, 7) is 6.02. The van der Waals surface area contributed by atoms with Crippen molar-refractivity contribution in [2.75, 3.05) is 54.4 Å². The lowest BCUT2D eigenvalue weighted by Gasteiger charge is -2.34. The third-order valence-corrected chi connectivity index (χ3v) is 4.65. The Labute approximate surface area is 130 Å². The lowest BCUT2D eigenvalue weighted by atomic mass is 9.84. The van der Waals surface area contributed by atoms with Gasteiger partial charge < -0.3 is 19.9 Å². The molecule has 0 spiro atoms. The molecule has 0 radical (unpaired) electrons. The molecule has 0 aromatic rings. The summed E-state index contributed by atoms with van der Waals surface area (Å²) in [7, 11) is 7.85. The molecule has 0 amide bonds. The molecule has 1 aliphatic carbocycles. The number of nitrogens with one attached hydrogen (secondary N) is 1. The topological polar surface area (TPSA) is 44.8 Å². The smallest absolute Gasteiger partial charge is 0.326 e. The summed E-state index contributed by atoms with van der Waals surface area (Å²) >= 11 is 0. The number of carbonyl (C=O) groups excluding carboxylic acids is 1. The van der Waals surface area contributed by atoms with Gasteiger partial charge in [0.25, 0.3) is 0 Å². The van der Waals surface area contributed by atoms with Crippen molar-refractivity contribution in [1.82, 2.24) is 15.1 Å². The average molecular weight is 299 g/mol. The van der Waals surface area contributed by atoms with E-state index in [1.165, 1.54) is 7.11 Å². The van der Waals surface area contributed by atoms with Crippen LogP contribution in [0.15, 0.2) is 0 Å². The maximum atomic E-state index is 12.3. The Morgan fingerprint density at radius 2 is 2.00 bits per heavy atom. The van der Waals surface area contributed by atoms with Crippen molar-refractivity contribution in [3.05, 3.63) is 0 Å². The quantitative estimate of drug-likeness (QED) is 0.648. The third kappa shape index (κ3) is 4.94. The molecule has 1 rings (SSSR count). The minimum atomic E-state index is -0.452. The lowest BCUT2D eigenvalue weighted by Crippen LogP contribution is -2.55. The van der Waals surface area contributed by atoms with E-state index in [-0.39, 0.29) is 5.97 Å². The molecule has 0 aromatic carbocycles.